The van der Waals surface area contributed by atoms with E-state index in [-0.39, 0.29) is 37.8 Å². The molecule has 0 bridgehead atoms. The molecule has 0 fully saturated rings. The molecule has 0 saturated heterocycles. The van der Waals surface area contributed by atoms with Gasteiger partial charge in [-0.1, -0.05) is 222 Å². The molecule has 0 saturated carbocycles. The van der Waals surface area contributed by atoms with E-state index < -0.39 is 12.3 Å². The monoisotopic (exact) mass is 1160 g/mol. The van der Waals surface area contributed by atoms with Crippen molar-refractivity contribution in [1.82, 2.24) is 14.5 Å². The first-order valence-corrected chi connectivity index (χ1v) is 25.4. The number of fused-ring (bicyclic) bond motifs is 1. The SMILES string of the molecule is [2H]C([2H])([2H])c1cc(-c2c(-c3ccccc3)cccc2C(C)(C)C)ccc1-n1c(-c2cc(C)cc(C(C)(C)C)c2O)nc2c(-c3[c-]c(-c4cc(-c5ccc(-c6ccccc6)cc5)ccn4)cc(-c4ccccc4)c3)cccc21.[Pt]. The van der Waals surface area contributed by atoms with Crippen molar-refractivity contribution in [1.29, 1.82) is 0 Å². The quantitative estimate of drug-likeness (QED) is 0.147. The van der Waals surface area contributed by atoms with Crippen LogP contribution in [0.15, 0.2) is 212 Å². The predicted molar refractivity (Wildman–Crippen MR) is 310 cm³/mol. The summed E-state index contributed by atoms with van der Waals surface area (Å²) < 4.78 is 29.8. The Morgan fingerprint density at radius 1 is 0.493 bits per heavy atom. The van der Waals surface area contributed by atoms with Crippen molar-refractivity contribution >= 4 is 11.0 Å². The van der Waals surface area contributed by atoms with E-state index in [1.165, 1.54) is 0 Å². The van der Waals surface area contributed by atoms with Gasteiger partial charge in [-0.05, 0) is 122 Å². The Balaban J connectivity index is 0.00000688. The van der Waals surface area contributed by atoms with Crippen LogP contribution in [0.3, 0.4) is 0 Å². The zero-order valence-electron chi connectivity index (χ0n) is 46.3. The first-order valence-electron chi connectivity index (χ1n) is 26.9. The fourth-order valence-corrected chi connectivity index (χ4v) is 10.4. The fraction of sp³-hybridized carbons (Fsp3) is 0.143. The van der Waals surface area contributed by atoms with Crippen molar-refractivity contribution in [2.75, 3.05) is 0 Å². The average molecular weight is 1160 g/mol. The molecule has 1 N–H and O–H groups in total. The van der Waals surface area contributed by atoms with Gasteiger partial charge in [-0.2, -0.15) is 0 Å². The van der Waals surface area contributed by atoms with E-state index in [0.717, 1.165) is 94.7 Å². The Hall–Kier alpha value is -7.91. The van der Waals surface area contributed by atoms with Crippen LogP contribution in [0.5, 0.6) is 5.75 Å². The van der Waals surface area contributed by atoms with Crippen LogP contribution >= 0.6 is 0 Å². The molecule has 0 atom stereocenters. The molecular formula is C70H60N3OPt-. The summed E-state index contributed by atoms with van der Waals surface area (Å²) in [6.07, 6.45) is 1.85. The molecule has 372 valence electrons. The van der Waals surface area contributed by atoms with Gasteiger partial charge in [0, 0.05) is 42.6 Å². The smallest absolute Gasteiger partial charge is 0.148 e. The van der Waals surface area contributed by atoms with Gasteiger partial charge in [-0.15, -0.1) is 23.8 Å². The van der Waals surface area contributed by atoms with Gasteiger partial charge < -0.3 is 5.11 Å². The Labute approximate surface area is 461 Å². The van der Waals surface area contributed by atoms with Gasteiger partial charge in [0.05, 0.1) is 22.3 Å². The number of imidazole rings is 1. The van der Waals surface area contributed by atoms with Gasteiger partial charge >= 0.3 is 0 Å². The van der Waals surface area contributed by atoms with Crippen LogP contribution in [0, 0.1) is 19.8 Å². The van der Waals surface area contributed by atoms with Crippen molar-refractivity contribution in [3.63, 3.8) is 0 Å². The zero-order valence-corrected chi connectivity index (χ0v) is 45.6. The molecular weight excluding hydrogens is 1090 g/mol. The number of aromatic nitrogens is 3. The molecule has 5 heteroatoms. The largest absolute Gasteiger partial charge is 0.507 e. The molecule has 0 spiro atoms. The molecule has 0 amide bonds. The Bertz CT molecular complexity index is 3990. The topological polar surface area (TPSA) is 50.9 Å². The molecule has 0 aliphatic heterocycles. The number of rotatable bonds is 9. The summed E-state index contributed by atoms with van der Waals surface area (Å²) in [6.45, 7) is 12.3. The first-order chi connectivity index (χ1) is 36.9. The number of hydrogen-bond acceptors (Lipinski definition) is 3. The molecule has 2 aromatic heterocycles. The van der Waals surface area contributed by atoms with Crippen LogP contribution in [0.2, 0.25) is 0 Å². The van der Waals surface area contributed by atoms with Gasteiger partial charge in [0.25, 0.3) is 0 Å². The van der Waals surface area contributed by atoms with E-state index in [1.807, 2.05) is 115 Å². The van der Waals surface area contributed by atoms with Crippen molar-refractivity contribution in [3.8, 4) is 101 Å². The third-order valence-electron chi connectivity index (χ3n) is 14.1. The van der Waals surface area contributed by atoms with Crippen LogP contribution in [0.4, 0.5) is 0 Å². The summed E-state index contributed by atoms with van der Waals surface area (Å²) in [4.78, 5) is 10.5. The van der Waals surface area contributed by atoms with E-state index in [0.29, 0.717) is 28.1 Å². The van der Waals surface area contributed by atoms with Gasteiger partial charge in [0.2, 0.25) is 0 Å². The Morgan fingerprint density at radius 2 is 1.07 bits per heavy atom. The normalized spacial score (nSPS) is 12.4. The summed E-state index contributed by atoms with van der Waals surface area (Å²) in [6, 6.07) is 73.9. The van der Waals surface area contributed by atoms with Gasteiger partial charge in [-0.3, -0.25) is 9.55 Å². The maximum atomic E-state index is 12.5. The minimum absolute atomic E-state index is 0. The number of hydrogen-bond donors (Lipinski definition) is 1. The number of aryl methyl sites for hydroxylation is 2. The van der Waals surface area contributed by atoms with E-state index in [4.69, 9.17) is 9.97 Å². The summed E-state index contributed by atoms with van der Waals surface area (Å²) in [5.41, 5.74) is 17.9. The maximum Gasteiger partial charge on any atom is 0.148 e. The zero-order chi connectivity index (χ0) is 53.8. The van der Waals surface area contributed by atoms with E-state index in [9.17, 15) is 9.22 Å². The van der Waals surface area contributed by atoms with Gasteiger partial charge in [-0.25, -0.2) is 4.98 Å². The van der Waals surface area contributed by atoms with Crippen LogP contribution in [-0.4, -0.2) is 19.6 Å². The standard InChI is InChI=1S/C70H60N3O.Pt/c1-45-38-59(67(74)61(39-45)70(6,7)8)68-72-66-58(27-19-29-64(66)73(68)63-35-34-53(40-46(63)2)65-57(51-24-16-11-17-25-51)26-18-28-60(65)69(3,4)5)55-41-54(48-22-14-10-15-23-48)42-56(43-55)62-44-52(36-37-71-62)50-32-30-49(31-33-50)47-20-12-9-13-21-47;/h9-42,44,74H,1-8H3;/q-1;/i2D3;. The molecule has 11 aromatic rings. The summed E-state index contributed by atoms with van der Waals surface area (Å²) in [5, 5.41) is 12.5. The molecule has 0 aliphatic rings. The number of nitrogens with zero attached hydrogens (tertiary/aromatic N) is 3. The van der Waals surface area contributed by atoms with E-state index >= 15 is 0 Å². The van der Waals surface area contributed by atoms with Crippen molar-refractivity contribution in [3.05, 3.63) is 241 Å². The third-order valence-corrected chi connectivity index (χ3v) is 14.1. The van der Waals surface area contributed by atoms with E-state index in [1.54, 1.807) is 0 Å². The fourth-order valence-electron chi connectivity index (χ4n) is 10.4. The minimum Gasteiger partial charge on any atom is -0.507 e. The molecule has 9 aromatic carbocycles. The molecule has 11 rings (SSSR count). The second-order valence-electron chi connectivity index (χ2n) is 21.4. The average Bonchev–Trinajstić information content (AvgIpc) is 4.08. The van der Waals surface area contributed by atoms with Crippen molar-refractivity contribution in [2.24, 2.45) is 0 Å². The number of phenolic OH excluding ortho intramolecular Hbond substituents is 1. The summed E-state index contributed by atoms with van der Waals surface area (Å²) >= 11 is 0. The predicted octanol–water partition coefficient (Wildman–Crippen LogP) is 18.5. The second-order valence-corrected chi connectivity index (χ2v) is 21.4. The van der Waals surface area contributed by atoms with Crippen molar-refractivity contribution in [2.45, 2.75) is 66.1 Å². The van der Waals surface area contributed by atoms with Crippen LogP contribution in [0.25, 0.3) is 106 Å². The third kappa shape index (κ3) is 9.96. The van der Waals surface area contributed by atoms with Gasteiger partial charge in [0.15, 0.2) is 0 Å². The van der Waals surface area contributed by atoms with Crippen LogP contribution in [0.1, 0.15) is 67.9 Å². The number of aromatic hydroxyl groups is 1. The number of para-hydroxylation sites is 1. The molecule has 4 nitrogen and oxygen atoms in total. The Morgan fingerprint density at radius 3 is 1.72 bits per heavy atom. The van der Waals surface area contributed by atoms with Crippen molar-refractivity contribution < 1.29 is 30.3 Å². The molecule has 0 radical (unpaired) electrons. The Kier molecular flexibility index (Phi) is 12.8. The molecule has 0 aliphatic carbocycles. The second kappa shape index (κ2) is 20.4. The number of pyridine rings is 1. The van der Waals surface area contributed by atoms with Crippen LogP contribution in [-0.2, 0) is 31.9 Å². The molecule has 75 heavy (non-hydrogen) atoms. The van der Waals surface area contributed by atoms with E-state index in [2.05, 4.69) is 157 Å². The maximum absolute atomic E-state index is 12.5. The summed E-state index contributed by atoms with van der Waals surface area (Å²) in [5.74, 6) is 0.519. The van der Waals surface area contributed by atoms with Gasteiger partial charge in [0.1, 0.15) is 11.6 Å². The first kappa shape index (κ1) is 46.8. The number of benzene rings is 9. The van der Waals surface area contributed by atoms with Crippen LogP contribution < -0.4 is 0 Å². The summed E-state index contributed by atoms with van der Waals surface area (Å²) in [7, 11) is 0. The molecule has 0 unspecified atom stereocenters. The molecule has 2 heterocycles. The number of phenols is 1. The minimum atomic E-state index is -2.57.